The second kappa shape index (κ2) is 8.42. The minimum absolute atomic E-state index is 0.0722. The number of ether oxygens (including phenoxy) is 1. The number of nitrogens with zero attached hydrogens (tertiary/aromatic N) is 4. The number of alkyl halides is 2. The van der Waals surface area contributed by atoms with E-state index in [0.717, 1.165) is 0 Å². The van der Waals surface area contributed by atoms with Crippen LogP contribution >= 0.6 is 0 Å². The summed E-state index contributed by atoms with van der Waals surface area (Å²) in [7, 11) is 3.49. The van der Waals surface area contributed by atoms with E-state index >= 15 is 0 Å². The number of aromatic amines is 1. The Morgan fingerprint density at radius 1 is 1.35 bits per heavy atom. The maximum Gasteiger partial charge on any atom is 0.345 e. The van der Waals surface area contributed by atoms with Gasteiger partial charge < -0.3 is 19.9 Å². The Balaban J connectivity index is 1.32. The van der Waals surface area contributed by atoms with Gasteiger partial charge in [-0.3, -0.25) is 14.3 Å². The molecule has 0 aliphatic heterocycles. The van der Waals surface area contributed by atoms with E-state index in [2.05, 4.69) is 25.0 Å². The number of rotatable bonds is 7. The van der Waals surface area contributed by atoms with Crippen molar-refractivity contribution >= 4 is 22.8 Å². The molecule has 0 spiro atoms. The lowest BCUT2D eigenvalue weighted by molar-refractivity contribution is -0.183. The third-order valence-electron chi connectivity index (χ3n) is 5.56. The lowest BCUT2D eigenvalue weighted by Crippen LogP contribution is -2.47. The number of aromatic nitrogens is 4. The number of hydrogen-bond acceptors (Lipinski definition) is 6. The third kappa shape index (κ3) is 4.41. The molecule has 0 unspecified atom stereocenters. The Bertz CT molecular complexity index is 1140. The molecule has 1 fully saturated rings. The average molecular weight is 432 g/mol. The fourth-order valence-corrected chi connectivity index (χ4v) is 3.57. The van der Waals surface area contributed by atoms with Crippen LogP contribution in [0, 0.1) is 0 Å². The highest BCUT2D eigenvalue weighted by molar-refractivity contribution is 5.97. The summed E-state index contributed by atoms with van der Waals surface area (Å²) >= 11 is 0. The highest BCUT2D eigenvalue weighted by Crippen LogP contribution is 2.30. The second-order valence-electron chi connectivity index (χ2n) is 7.52. The molecule has 0 radical (unpaired) electrons. The van der Waals surface area contributed by atoms with E-state index in [-0.39, 0.29) is 24.2 Å². The van der Waals surface area contributed by atoms with Gasteiger partial charge in [0, 0.05) is 25.7 Å². The number of carbonyl (C=O) groups is 1. The first-order valence-electron chi connectivity index (χ1n) is 9.76. The third-order valence-corrected chi connectivity index (χ3v) is 5.56. The van der Waals surface area contributed by atoms with Gasteiger partial charge in [0.2, 0.25) is 0 Å². The molecule has 11 heteroatoms. The Morgan fingerprint density at radius 3 is 2.81 bits per heavy atom. The van der Waals surface area contributed by atoms with Crippen molar-refractivity contribution in [3.8, 4) is 0 Å². The molecule has 1 aliphatic rings. The van der Waals surface area contributed by atoms with Crippen molar-refractivity contribution in [2.45, 2.75) is 38.1 Å². The second-order valence-corrected chi connectivity index (χ2v) is 7.52. The molecule has 1 aliphatic carbocycles. The van der Waals surface area contributed by atoms with Gasteiger partial charge in [-0.2, -0.15) is 8.78 Å². The summed E-state index contributed by atoms with van der Waals surface area (Å²) in [6, 6.07) is 5.06. The van der Waals surface area contributed by atoms with Crippen LogP contribution in [0.2, 0.25) is 0 Å². The molecule has 1 saturated carbocycles. The molecule has 31 heavy (non-hydrogen) atoms. The van der Waals surface area contributed by atoms with Crippen LogP contribution in [-0.4, -0.2) is 51.2 Å². The number of fused-ring (bicyclic) bond motifs is 1. The summed E-state index contributed by atoms with van der Waals surface area (Å²) in [4.78, 5) is 37.4. The standard InChI is InChI=1S/C20H22F2N6O3/c1-27(13-6-14(7-13)31-19(21)22)17-10-23-12(8-24-17)9-25-18(29)11-3-4-16-15(5-11)26-20(30)28(16)2/h3-5,8,10,13-14,19H,6-7,9H2,1-2H3,(H,25,29)(H,26,30). The van der Waals surface area contributed by atoms with Crippen LogP contribution in [0.1, 0.15) is 28.9 Å². The minimum atomic E-state index is -2.75. The van der Waals surface area contributed by atoms with Gasteiger partial charge in [0.1, 0.15) is 5.82 Å². The predicted molar refractivity (Wildman–Crippen MR) is 109 cm³/mol. The van der Waals surface area contributed by atoms with Crippen molar-refractivity contribution in [2.75, 3.05) is 11.9 Å². The van der Waals surface area contributed by atoms with Crippen LogP contribution in [0.15, 0.2) is 35.4 Å². The van der Waals surface area contributed by atoms with E-state index in [0.29, 0.717) is 41.0 Å². The summed E-state index contributed by atoms with van der Waals surface area (Å²) in [6.45, 7) is -2.56. The first kappa shape index (κ1) is 20.9. The monoisotopic (exact) mass is 432 g/mol. The molecule has 2 aromatic heterocycles. The number of hydrogen-bond donors (Lipinski definition) is 2. The molecule has 0 bridgehead atoms. The Hall–Kier alpha value is -3.34. The summed E-state index contributed by atoms with van der Waals surface area (Å²) in [5.41, 5.74) is 2.05. The van der Waals surface area contributed by atoms with Gasteiger partial charge in [-0.15, -0.1) is 0 Å². The fourth-order valence-electron chi connectivity index (χ4n) is 3.57. The molecule has 9 nitrogen and oxygen atoms in total. The van der Waals surface area contributed by atoms with Crippen molar-refractivity contribution in [1.82, 2.24) is 24.8 Å². The Morgan fingerprint density at radius 2 is 2.13 bits per heavy atom. The number of imidazole rings is 1. The predicted octanol–water partition coefficient (Wildman–Crippen LogP) is 1.79. The quantitative estimate of drug-likeness (QED) is 0.590. The van der Waals surface area contributed by atoms with E-state index in [1.165, 1.54) is 4.57 Å². The van der Waals surface area contributed by atoms with Crippen LogP contribution in [0.4, 0.5) is 14.6 Å². The number of carbonyl (C=O) groups excluding carboxylic acids is 1. The SMILES string of the molecule is CN(c1cnc(CNC(=O)c2ccc3c(c2)[nH]c(=O)n3C)cn1)C1CC(OC(F)F)C1. The smallest absolute Gasteiger partial charge is 0.345 e. The van der Waals surface area contributed by atoms with Gasteiger partial charge >= 0.3 is 12.3 Å². The van der Waals surface area contributed by atoms with Crippen molar-refractivity contribution in [3.05, 3.63) is 52.3 Å². The number of benzene rings is 1. The van der Waals surface area contributed by atoms with Gasteiger partial charge in [-0.1, -0.05) is 0 Å². The van der Waals surface area contributed by atoms with Crippen LogP contribution in [0.5, 0.6) is 0 Å². The number of amides is 1. The summed E-state index contributed by atoms with van der Waals surface area (Å²) in [6.07, 6.45) is 3.75. The number of H-pyrrole nitrogens is 1. The average Bonchev–Trinajstić information content (AvgIpc) is 3.01. The summed E-state index contributed by atoms with van der Waals surface area (Å²) in [5.74, 6) is 0.322. The van der Waals surface area contributed by atoms with Crippen molar-refractivity contribution in [1.29, 1.82) is 0 Å². The zero-order valence-corrected chi connectivity index (χ0v) is 17.0. The molecule has 1 amide bonds. The first-order valence-corrected chi connectivity index (χ1v) is 9.76. The topological polar surface area (TPSA) is 105 Å². The maximum atomic E-state index is 12.4. The molecule has 2 N–H and O–H groups in total. The molecule has 4 rings (SSSR count). The zero-order valence-electron chi connectivity index (χ0n) is 17.0. The normalized spacial score (nSPS) is 18.2. The van der Waals surface area contributed by atoms with Crippen LogP contribution in [0.25, 0.3) is 11.0 Å². The van der Waals surface area contributed by atoms with Crippen LogP contribution < -0.4 is 15.9 Å². The number of nitrogens with one attached hydrogen (secondary N) is 2. The Labute approximate surface area is 176 Å². The highest BCUT2D eigenvalue weighted by Gasteiger charge is 2.35. The van der Waals surface area contributed by atoms with E-state index in [1.54, 1.807) is 37.6 Å². The molecular formula is C20H22F2N6O3. The molecule has 164 valence electrons. The number of anilines is 1. The summed E-state index contributed by atoms with van der Waals surface area (Å²) < 4.78 is 30.4. The highest BCUT2D eigenvalue weighted by atomic mass is 19.3. The molecule has 0 saturated heterocycles. The van der Waals surface area contributed by atoms with Crippen molar-refractivity contribution in [2.24, 2.45) is 7.05 Å². The molecule has 3 aromatic rings. The van der Waals surface area contributed by atoms with Gasteiger partial charge in [-0.05, 0) is 31.0 Å². The maximum absolute atomic E-state index is 12.4. The van der Waals surface area contributed by atoms with Gasteiger partial charge in [0.05, 0.1) is 41.8 Å². The van der Waals surface area contributed by atoms with Gasteiger partial charge in [0.25, 0.3) is 5.91 Å². The lowest BCUT2D eigenvalue weighted by atomic mass is 9.88. The van der Waals surface area contributed by atoms with Crippen LogP contribution in [0.3, 0.4) is 0 Å². The lowest BCUT2D eigenvalue weighted by Gasteiger charge is -2.41. The summed E-state index contributed by atoms with van der Waals surface area (Å²) in [5, 5.41) is 2.78. The number of halogens is 2. The molecule has 2 heterocycles. The fraction of sp³-hybridized carbons (Fsp3) is 0.400. The van der Waals surface area contributed by atoms with Crippen molar-refractivity contribution < 1.29 is 18.3 Å². The van der Waals surface area contributed by atoms with Crippen LogP contribution in [-0.2, 0) is 18.3 Å². The zero-order chi connectivity index (χ0) is 22.1. The molecule has 0 atom stereocenters. The van der Waals surface area contributed by atoms with E-state index < -0.39 is 12.7 Å². The largest absolute Gasteiger partial charge is 0.355 e. The van der Waals surface area contributed by atoms with E-state index in [1.807, 2.05) is 11.9 Å². The number of aryl methyl sites for hydroxylation is 1. The van der Waals surface area contributed by atoms with Gasteiger partial charge in [-0.25, -0.2) is 9.78 Å². The van der Waals surface area contributed by atoms with E-state index in [4.69, 9.17) is 0 Å². The van der Waals surface area contributed by atoms with Crippen molar-refractivity contribution in [3.63, 3.8) is 0 Å². The first-order chi connectivity index (χ1) is 14.8. The molecular weight excluding hydrogens is 410 g/mol. The minimum Gasteiger partial charge on any atom is -0.355 e. The van der Waals surface area contributed by atoms with E-state index in [9.17, 15) is 18.4 Å². The van der Waals surface area contributed by atoms with Gasteiger partial charge in [0.15, 0.2) is 0 Å². The molecule has 1 aromatic carbocycles. The Kier molecular flexibility index (Phi) is 5.68.